The molecule has 102 valence electrons. The summed E-state index contributed by atoms with van der Waals surface area (Å²) in [5, 5.41) is 2.45. The van der Waals surface area contributed by atoms with E-state index >= 15 is 0 Å². The zero-order valence-corrected chi connectivity index (χ0v) is 13.2. The monoisotopic (exact) mass is 338 g/mol. The van der Waals surface area contributed by atoms with Crippen molar-refractivity contribution in [3.05, 3.63) is 78.4 Å². The van der Waals surface area contributed by atoms with Gasteiger partial charge in [0.1, 0.15) is 0 Å². The van der Waals surface area contributed by atoms with Crippen LogP contribution in [0.1, 0.15) is 5.56 Å². The van der Waals surface area contributed by atoms with Gasteiger partial charge in [0.05, 0.1) is 0 Å². The molecule has 0 unspecified atom stereocenters. The van der Waals surface area contributed by atoms with Gasteiger partial charge in [0, 0.05) is 0 Å². The van der Waals surface area contributed by atoms with Gasteiger partial charge >= 0.3 is 130 Å². The summed E-state index contributed by atoms with van der Waals surface area (Å²) in [6.07, 6.45) is 2.23. The Morgan fingerprint density at radius 1 is 0.810 bits per heavy atom. The van der Waals surface area contributed by atoms with Gasteiger partial charge in [0.15, 0.2) is 0 Å². The van der Waals surface area contributed by atoms with Crippen molar-refractivity contribution in [2.75, 3.05) is 6.61 Å². The van der Waals surface area contributed by atoms with E-state index in [0.29, 0.717) is 21.6 Å². The predicted octanol–water partition coefficient (Wildman–Crippen LogP) is 3.60. The van der Waals surface area contributed by atoms with Crippen molar-refractivity contribution in [1.82, 2.24) is 0 Å². The van der Waals surface area contributed by atoms with E-state index in [-0.39, 0.29) is 0 Å². The average molecular weight is 337 g/mol. The summed E-state index contributed by atoms with van der Waals surface area (Å²) in [4.78, 5) is 0. The van der Waals surface area contributed by atoms with Gasteiger partial charge in [-0.1, -0.05) is 0 Å². The Bertz CT molecular complexity index is 821. The maximum atomic E-state index is 5.94. The summed E-state index contributed by atoms with van der Waals surface area (Å²) < 4.78 is 8.76. The van der Waals surface area contributed by atoms with E-state index in [1.165, 1.54) is 25.3 Å². The minimum absolute atomic E-state index is 0.322. The molecule has 0 aromatic heterocycles. The fourth-order valence-corrected chi connectivity index (χ4v) is 4.65. The summed E-state index contributed by atoms with van der Waals surface area (Å²) in [6.45, 7) is 0.672. The first-order valence-electron chi connectivity index (χ1n) is 7.00. The Hall–Kier alpha value is -2.02. The van der Waals surface area contributed by atoms with E-state index in [4.69, 9.17) is 4.74 Å². The van der Waals surface area contributed by atoms with E-state index in [1.807, 2.05) is 0 Å². The third-order valence-corrected chi connectivity index (χ3v) is 5.95. The van der Waals surface area contributed by atoms with Crippen LogP contribution in [-0.2, 0) is 0 Å². The molecule has 1 heterocycles. The quantitative estimate of drug-likeness (QED) is 0.649. The molecule has 0 fully saturated rings. The zero-order valence-electron chi connectivity index (χ0n) is 11.5. The molecule has 3 aromatic rings. The topological polar surface area (TPSA) is 9.23 Å². The molecule has 2 heteroatoms. The van der Waals surface area contributed by atoms with Crippen LogP contribution in [0.25, 0.3) is 15.2 Å². The number of rotatable bonds is 2. The van der Waals surface area contributed by atoms with E-state index in [0.717, 1.165) is 5.75 Å². The molecule has 1 aliphatic rings. The van der Waals surface area contributed by atoms with Crippen molar-refractivity contribution < 1.29 is 4.74 Å². The molecular formula is C19H14OSe. The van der Waals surface area contributed by atoms with Crippen molar-refractivity contribution >= 4 is 34.7 Å². The molecule has 0 saturated heterocycles. The van der Waals surface area contributed by atoms with E-state index in [2.05, 4.69) is 72.8 Å². The van der Waals surface area contributed by atoms with Crippen molar-refractivity contribution in [2.24, 2.45) is 0 Å². The summed E-state index contributed by atoms with van der Waals surface area (Å²) in [6, 6.07) is 23.5. The van der Waals surface area contributed by atoms with Crippen LogP contribution in [0, 0.1) is 0 Å². The molecule has 0 N–H and O–H groups in total. The SMILES string of the molecule is C1=C([Se]c2ccccc2)c2ccc3ccccc3c2OC1. The van der Waals surface area contributed by atoms with Gasteiger partial charge in [0.2, 0.25) is 0 Å². The van der Waals surface area contributed by atoms with Crippen molar-refractivity contribution in [2.45, 2.75) is 0 Å². The van der Waals surface area contributed by atoms with Crippen molar-refractivity contribution in [3.8, 4) is 5.75 Å². The van der Waals surface area contributed by atoms with Gasteiger partial charge in [-0.3, -0.25) is 0 Å². The summed E-state index contributed by atoms with van der Waals surface area (Å²) in [5.74, 6) is 1.04. The third kappa shape index (κ3) is 2.37. The van der Waals surface area contributed by atoms with Gasteiger partial charge in [-0.05, 0) is 0 Å². The molecule has 0 saturated carbocycles. The van der Waals surface area contributed by atoms with Gasteiger partial charge in [-0.25, -0.2) is 0 Å². The average Bonchev–Trinajstić information content (AvgIpc) is 2.56. The van der Waals surface area contributed by atoms with Gasteiger partial charge in [-0.15, -0.1) is 0 Å². The van der Waals surface area contributed by atoms with Crippen LogP contribution in [0.15, 0.2) is 72.8 Å². The number of fused-ring (bicyclic) bond motifs is 3. The Morgan fingerprint density at radius 3 is 2.52 bits per heavy atom. The summed E-state index contributed by atoms with van der Waals surface area (Å²) in [5.41, 5.74) is 1.25. The van der Waals surface area contributed by atoms with Gasteiger partial charge in [-0.2, -0.15) is 0 Å². The zero-order chi connectivity index (χ0) is 14.1. The molecule has 0 atom stereocenters. The minimum atomic E-state index is 0.322. The molecule has 0 radical (unpaired) electrons. The first-order chi connectivity index (χ1) is 10.4. The standard InChI is InChI=1S/C19H14OSe/c1-2-7-15(8-3-1)21-18-12-13-20-19-16-9-5-4-6-14(16)10-11-17(18)19/h1-12H,13H2. The van der Waals surface area contributed by atoms with Crippen molar-refractivity contribution in [1.29, 1.82) is 0 Å². The van der Waals surface area contributed by atoms with Gasteiger partial charge in [0.25, 0.3) is 0 Å². The molecule has 0 aliphatic carbocycles. The Morgan fingerprint density at radius 2 is 1.62 bits per heavy atom. The molecule has 0 amide bonds. The number of hydrogen-bond acceptors (Lipinski definition) is 1. The first-order valence-corrected chi connectivity index (χ1v) is 8.71. The van der Waals surface area contributed by atoms with Crippen LogP contribution in [0.3, 0.4) is 0 Å². The summed E-state index contributed by atoms with van der Waals surface area (Å²) in [7, 11) is 0. The fraction of sp³-hybridized carbons (Fsp3) is 0.0526. The number of ether oxygens (including phenoxy) is 1. The van der Waals surface area contributed by atoms with Crippen LogP contribution in [0.2, 0.25) is 0 Å². The first kappa shape index (κ1) is 12.7. The Labute approximate surface area is 130 Å². The van der Waals surface area contributed by atoms with E-state index < -0.39 is 0 Å². The number of hydrogen-bond donors (Lipinski definition) is 0. The molecule has 1 nitrogen and oxygen atoms in total. The van der Waals surface area contributed by atoms with Crippen molar-refractivity contribution in [3.63, 3.8) is 0 Å². The number of benzene rings is 3. The molecular weight excluding hydrogens is 323 g/mol. The van der Waals surface area contributed by atoms with E-state index in [9.17, 15) is 0 Å². The predicted molar refractivity (Wildman–Crippen MR) is 89.3 cm³/mol. The molecule has 0 spiro atoms. The van der Waals surface area contributed by atoms with Crippen LogP contribution in [-0.4, -0.2) is 21.6 Å². The summed E-state index contributed by atoms with van der Waals surface area (Å²) >= 11 is 0.322. The van der Waals surface area contributed by atoms with Crippen LogP contribution in [0.5, 0.6) is 5.75 Å². The Kier molecular flexibility index (Phi) is 3.27. The van der Waals surface area contributed by atoms with Crippen LogP contribution < -0.4 is 9.20 Å². The van der Waals surface area contributed by atoms with Gasteiger partial charge < -0.3 is 0 Å². The van der Waals surface area contributed by atoms with E-state index in [1.54, 1.807) is 0 Å². The second-order valence-electron chi connectivity index (χ2n) is 4.96. The third-order valence-electron chi connectivity index (χ3n) is 3.61. The molecule has 1 aliphatic heterocycles. The molecule has 0 bridgehead atoms. The second-order valence-corrected chi connectivity index (χ2v) is 7.30. The Balaban J connectivity index is 1.80. The fourth-order valence-electron chi connectivity index (χ4n) is 2.62. The molecule has 21 heavy (non-hydrogen) atoms. The van der Waals surface area contributed by atoms with Crippen LogP contribution >= 0.6 is 0 Å². The molecule has 4 rings (SSSR count). The second kappa shape index (κ2) is 5.40. The normalized spacial score (nSPS) is 13.4. The van der Waals surface area contributed by atoms with Crippen LogP contribution in [0.4, 0.5) is 0 Å². The maximum absolute atomic E-state index is 5.94. The molecule has 3 aromatic carbocycles.